The van der Waals surface area contributed by atoms with Gasteiger partial charge in [0.05, 0.1) is 26.4 Å². The Kier molecular flexibility index (Phi) is 65.9. The molecule has 0 aliphatic heterocycles. The lowest BCUT2D eigenvalue weighted by molar-refractivity contribution is -0.161. The van der Waals surface area contributed by atoms with Gasteiger partial charge in [-0.25, -0.2) is 9.13 Å². The molecular formula is C78H152O17P2. The van der Waals surface area contributed by atoms with Crippen molar-refractivity contribution in [2.45, 2.75) is 414 Å². The van der Waals surface area contributed by atoms with Gasteiger partial charge < -0.3 is 33.8 Å². The first-order chi connectivity index (χ1) is 46.6. The topological polar surface area (TPSA) is 237 Å². The molecule has 0 spiro atoms. The third-order valence-corrected chi connectivity index (χ3v) is 20.3. The molecule has 3 N–H and O–H groups in total. The number of hydrogen-bond donors (Lipinski definition) is 3. The Morgan fingerprint density at radius 2 is 0.495 bits per heavy atom. The average molecular weight is 1420 g/mol. The number of esters is 4. The van der Waals surface area contributed by atoms with E-state index in [1.54, 1.807) is 0 Å². The minimum atomic E-state index is -4.96. The zero-order chi connectivity index (χ0) is 71.7. The van der Waals surface area contributed by atoms with Crippen molar-refractivity contribution >= 4 is 39.5 Å². The Hall–Kier alpha value is -1.94. The van der Waals surface area contributed by atoms with Crippen LogP contribution in [0.15, 0.2) is 0 Å². The van der Waals surface area contributed by atoms with Gasteiger partial charge in [-0.15, -0.1) is 0 Å². The van der Waals surface area contributed by atoms with E-state index in [-0.39, 0.29) is 25.7 Å². The molecule has 6 atom stereocenters. The van der Waals surface area contributed by atoms with Crippen molar-refractivity contribution in [1.82, 2.24) is 0 Å². The number of carbonyl (C=O) groups excluding carboxylic acids is 4. The molecule has 0 fully saturated rings. The summed E-state index contributed by atoms with van der Waals surface area (Å²) in [6, 6.07) is 0. The van der Waals surface area contributed by atoms with Gasteiger partial charge in [0, 0.05) is 25.7 Å². The minimum Gasteiger partial charge on any atom is -0.462 e. The Balaban J connectivity index is 5.18. The Labute approximate surface area is 594 Å². The van der Waals surface area contributed by atoms with Crippen LogP contribution >= 0.6 is 15.6 Å². The highest BCUT2D eigenvalue weighted by Crippen LogP contribution is 2.45. The molecule has 0 aliphatic rings. The maximum atomic E-state index is 13.1. The third kappa shape index (κ3) is 70.9. The van der Waals surface area contributed by atoms with Gasteiger partial charge >= 0.3 is 39.5 Å². The molecule has 0 rings (SSSR count). The summed E-state index contributed by atoms with van der Waals surface area (Å²) in [6.07, 6.45) is 52.9. The van der Waals surface area contributed by atoms with Gasteiger partial charge in [-0.2, -0.15) is 0 Å². The standard InChI is InChI=1S/C78H152O17P2/c1-9-71(8)57-49-41-36-37-43-51-59-76(81)89-65-74(95-77(82)60-52-44-34-28-22-18-20-25-31-39-47-55-69(4)5)67-93-97(86,87)91-63-72(79)62-90-96(84,85)92-66-73(94-78(83)61-53-45-35-29-23-26-32-40-48-56-70(6)7)64-88-75(80)58-50-42-33-27-21-17-15-13-11-10-12-14-16-19-24-30-38-46-54-68(2)3/h68-74,79H,9-67H2,1-8H3,(H,84,85)(H,86,87)/t71?,72-,73-,74-/m1/s1. The second-order valence-corrected chi connectivity index (χ2v) is 32.7. The summed E-state index contributed by atoms with van der Waals surface area (Å²) >= 11 is 0. The summed E-state index contributed by atoms with van der Waals surface area (Å²) in [5, 5.41) is 10.6. The van der Waals surface area contributed by atoms with Gasteiger partial charge in [-0.3, -0.25) is 37.3 Å². The second-order valence-electron chi connectivity index (χ2n) is 29.8. The van der Waals surface area contributed by atoms with Crippen LogP contribution in [0.5, 0.6) is 0 Å². The molecule has 19 heteroatoms. The van der Waals surface area contributed by atoms with Crippen LogP contribution in [0.4, 0.5) is 0 Å². The van der Waals surface area contributed by atoms with E-state index in [0.29, 0.717) is 25.7 Å². The lowest BCUT2D eigenvalue weighted by atomic mass is 10.00. The van der Waals surface area contributed by atoms with Crippen LogP contribution in [0.25, 0.3) is 0 Å². The monoisotopic (exact) mass is 1420 g/mol. The highest BCUT2D eigenvalue weighted by atomic mass is 31.2. The van der Waals surface area contributed by atoms with E-state index in [1.807, 2.05) is 0 Å². The Morgan fingerprint density at radius 3 is 0.732 bits per heavy atom. The maximum Gasteiger partial charge on any atom is 0.472 e. The van der Waals surface area contributed by atoms with Crippen LogP contribution in [-0.2, 0) is 65.4 Å². The van der Waals surface area contributed by atoms with Gasteiger partial charge in [0.25, 0.3) is 0 Å². The molecule has 3 unspecified atom stereocenters. The number of rotatable bonds is 75. The molecule has 0 aliphatic carbocycles. The number of carbonyl (C=O) groups is 4. The zero-order valence-electron chi connectivity index (χ0n) is 63.7. The summed E-state index contributed by atoms with van der Waals surface area (Å²) in [6.45, 7) is 14.2. The average Bonchev–Trinajstić information content (AvgIpc) is 2.05. The Morgan fingerprint density at radius 1 is 0.289 bits per heavy atom. The van der Waals surface area contributed by atoms with Crippen molar-refractivity contribution in [2.75, 3.05) is 39.6 Å². The summed E-state index contributed by atoms with van der Waals surface area (Å²) in [5.41, 5.74) is 0. The molecule has 0 aromatic rings. The third-order valence-electron chi connectivity index (χ3n) is 18.4. The highest BCUT2D eigenvalue weighted by molar-refractivity contribution is 7.47. The fourth-order valence-corrected chi connectivity index (χ4v) is 13.5. The van der Waals surface area contributed by atoms with E-state index in [2.05, 4.69) is 55.4 Å². The zero-order valence-corrected chi connectivity index (χ0v) is 65.5. The first-order valence-corrected chi connectivity index (χ1v) is 43.2. The second kappa shape index (κ2) is 67.2. The number of ether oxygens (including phenoxy) is 4. The lowest BCUT2D eigenvalue weighted by Gasteiger charge is -2.21. The summed E-state index contributed by atoms with van der Waals surface area (Å²) in [7, 11) is -9.91. The van der Waals surface area contributed by atoms with E-state index in [0.717, 1.165) is 120 Å². The molecule has 0 radical (unpaired) electrons. The smallest absolute Gasteiger partial charge is 0.462 e. The van der Waals surface area contributed by atoms with Crippen molar-refractivity contribution in [2.24, 2.45) is 23.7 Å². The van der Waals surface area contributed by atoms with E-state index in [9.17, 15) is 43.2 Å². The lowest BCUT2D eigenvalue weighted by Crippen LogP contribution is -2.30. The normalized spacial score (nSPS) is 14.4. The molecule has 0 bridgehead atoms. The van der Waals surface area contributed by atoms with Gasteiger partial charge in [0.15, 0.2) is 12.2 Å². The van der Waals surface area contributed by atoms with Crippen molar-refractivity contribution in [1.29, 1.82) is 0 Å². The summed E-state index contributed by atoms with van der Waals surface area (Å²) < 4.78 is 68.6. The Bertz CT molecular complexity index is 1900. The molecule has 0 aromatic heterocycles. The molecule has 0 saturated carbocycles. The number of hydrogen-bond acceptors (Lipinski definition) is 15. The van der Waals surface area contributed by atoms with Crippen LogP contribution in [-0.4, -0.2) is 96.7 Å². The number of phosphoric acid groups is 2. The van der Waals surface area contributed by atoms with Crippen LogP contribution < -0.4 is 0 Å². The van der Waals surface area contributed by atoms with Crippen molar-refractivity contribution in [3.05, 3.63) is 0 Å². The molecule has 97 heavy (non-hydrogen) atoms. The molecule has 17 nitrogen and oxygen atoms in total. The maximum absolute atomic E-state index is 13.1. The largest absolute Gasteiger partial charge is 0.472 e. The predicted octanol–water partition coefficient (Wildman–Crippen LogP) is 22.8. The van der Waals surface area contributed by atoms with E-state index in [1.165, 1.54) is 193 Å². The summed E-state index contributed by atoms with van der Waals surface area (Å²) in [4.78, 5) is 72.8. The number of aliphatic hydroxyl groups is 1. The molecule has 0 heterocycles. The SMILES string of the molecule is CCC(C)CCCCCCCCC(=O)OC[C@H](COP(=O)(O)OC[C@H](O)COP(=O)(O)OC[C@@H](COC(=O)CCCCCCCCCCCCCCCCCCCCC(C)C)OC(=O)CCCCCCCCCCCC(C)C)OC(=O)CCCCCCCCCCCCCC(C)C. The summed E-state index contributed by atoms with van der Waals surface area (Å²) in [5.74, 6) is 0.935. The van der Waals surface area contributed by atoms with E-state index in [4.69, 9.17) is 37.0 Å². The quantitative estimate of drug-likeness (QED) is 0.0222. The molecule has 576 valence electrons. The van der Waals surface area contributed by atoms with Gasteiger partial charge in [-0.05, 0) is 49.4 Å². The van der Waals surface area contributed by atoms with Crippen molar-refractivity contribution in [3.8, 4) is 0 Å². The van der Waals surface area contributed by atoms with E-state index < -0.39 is 97.5 Å². The van der Waals surface area contributed by atoms with Crippen LogP contribution in [0.3, 0.4) is 0 Å². The molecule has 0 saturated heterocycles. The molecule has 0 aromatic carbocycles. The van der Waals surface area contributed by atoms with Gasteiger partial charge in [0.1, 0.15) is 19.3 Å². The molecular weight excluding hydrogens is 1270 g/mol. The number of phosphoric ester groups is 2. The predicted molar refractivity (Wildman–Crippen MR) is 395 cm³/mol. The fourth-order valence-electron chi connectivity index (χ4n) is 11.9. The van der Waals surface area contributed by atoms with Crippen LogP contribution in [0, 0.1) is 23.7 Å². The van der Waals surface area contributed by atoms with Gasteiger partial charge in [0.2, 0.25) is 0 Å². The first kappa shape index (κ1) is 95.1. The van der Waals surface area contributed by atoms with Gasteiger partial charge in [-0.1, -0.05) is 344 Å². The van der Waals surface area contributed by atoms with Crippen LogP contribution in [0.2, 0.25) is 0 Å². The van der Waals surface area contributed by atoms with Crippen molar-refractivity contribution < 1.29 is 80.2 Å². The highest BCUT2D eigenvalue weighted by Gasteiger charge is 2.30. The molecule has 0 amide bonds. The fraction of sp³-hybridized carbons (Fsp3) is 0.949. The van der Waals surface area contributed by atoms with Crippen molar-refractivity contribution in [3.63, 3.8) is 0 Å². The minimum absolute atomic E-state index is 0.105. The number of unbranched alkanes of at least 4 members (excludes halogenated alkanes) is 40. The van der Waals surface area contributed by atoms with Crippen LogP contribution in [0.1, 0.15) is 396 Å². The first-order valence-electron chi connectivity index (χ1n) is 40.2. The van der Waals surface area contributed by atoms with E-state index >= 15 is 0 Å². The number of aliphatic hydroxyl groups excluding tert-OH is 1.